The van der Waals surface area contributed by atoms with Crippen molar-refractivity contribution in [3.63, 3.8) is 0 Å². The zero-order chi connectivity index (χ0) is 13.4. The molecule has 1 heterocycles. The summed E-state index contributed by atoms with van der Waals surface area (Å²) < 4.78 is 1.21. The predicted molar refractivity (Wildman–Crippen MR) is 90.0 cm³/mol. The van der Waals surface area contributed by atoms with Gasteiger partial charge in [0.25, 0.3) is 0 Å². The molecule has 0 saturated carbocycles. The van der Waals surface area contributed by atoms with Crippen LogP contribution in [0.2, 0.25) is 0 Å². The van der Waals surface area contributed by atoms with Crippen LogP contribution in [0.4, 0.5) is 0 Å². The monoisotopic (exact) mass is 349 g/mol. The van der Waals surface area contributed by atoms with E-state index in [-0.39, 0.29) is 0 Å². The number of nitrogens with one attached hydrogen (secondary N) is 1. The van der Waals surface area contributed by atoms with Gasteiger partial charge in [-0.3, -0.25) is 0 Å². The van der Waals surface area contributed by atoms with Crippen LogP contribution < -0.4 is 5.32 Å². The van der Waals surface area contributed by atoms with E-state index in [1.165, 1.54) is 27.9 Å². The molecule has 0 amide bonds. The average Bonchev–Trinajstić information content (AvgIpc) is 2.77. The second kappa shape index (κ2) is 9.40. The van der Waals surface area contributed by atoms with Crippen LogP contribution in [0, 0.1) is 0 Å². The van der Waals surface area contributed by atoms with Gasteiger partial charge >= 0.3 is 0 Å². The lowest BCUT2D eigenvalue weighted by Gasteiger charge is -2.19. The Bertz CT molecular complexity index is 327. The third kappa shape index (κ3) is 6.60. The lowest BCUT2D eigenvalue weighted by atomic mass is 10.2. The van der Waals surface area contributed by atoms with Crippen molar-refractivity contribution in [1.82, 2.24) is 5.32 Å². The van der Waals surface area contributed by atoms with E-state index < -0.39 is 0 Å². The molecule has 0 saturated heterocycles. The lowest BCUT2D eigenvalue weighted by Crippen LogP contribution is -2.34. The van der Waals surface area contributed by atoms with Gasteiger partial charge in [0.05, 0.1) is 0 Å². The Labute approximate surface area is 128 Å². The number of hydrogen-bond donors (Lipinski definition) is 1. The molecule has 1 rings (SSSR count). The molecule has 0 spiro atoms. The van der Waals surface area contributed by atoms with Crippen molar-refractivity contribution >= 4 is 39.0 Å². The average molecular weight is 350 g/mol. The quantitative estimate of drug-likeness (QED) is 0.676. The van der Waals surface area contributed by atoms with Gasteiger partial charge in [-0.05, 0) is 47.8 Å². The van der Waals surface area contributed by atoms with Crippen molar-refractivity contribution in [2.24, 2.45) is 0 Å². The smallest absolute Gasteiger partial charge is 0.0285 e. The Morgan fingerprint density at radius 1 is 1.44 bits per heavy atom. The molecule has 18 heavy (non-hydrogen) atoms. The number of hydrogen-bond acceptors (Lipinski definition) is 3. The molecule has 0 fully saturated rings. The van der Waals surface area contributed by atoms with Crippen LogP contribution in [0.15, 0.2) is 15.9 Å². The number of thiophene rings is 1. The first-order valence-electron chi connectivity index (χ1n) is 6.73. The third-order valence-electron chi connectivity index (χ3n) is 2.91. The minimum Gasteiger partial charge on any atom is -0.313 e. The van der Waals surface area contributed by atoms with Crippen LogP contribution in [0.1, 0.15) is 38.5 Å². The van der Waals surface area contributed by atoms with Gasteiger partial charge in [0.15, 0.2) is 0 Å². The second-order valence-corrected chi connectivity index (χ2v) is 8.02. The minimum absolute atomic E-state index is 0.606. The van der Waals surface area contributed by atoms with Crippen molar-refractivity contribution < 1.29 is 0 Å². The molecule has 1 N–H and O–H groups in total. The highest BCUT2D eigenvalue weighted by molar-refractivity contribution is 9.10. The Morgan fingerprint density at radius 2 is 2.22 bits per heavy atom. The summed E-state index contributed by atoms with van der Waals surface area (Å²) in [7, 11) is 0. The van der Waals surface area contributed by atoms with Crippen molar-refractivity contribution in [2.45, 2.75) is 51.3 Å². The van der Waals surface area contributed by atoms with E-state index in [0.717, 1.165) is 18.2 Å². The summed E-state index contributed by atoms with van der Waals surface area (Å²) in [5, 5.41) is 6.62. The maximum absolute atomic E-state index is 3.68. The van der Waals surface area contributed by atoms with E-state index in [9.17, 15) is 0 Å². The minimum atomic E-state index is 0.606. The first-order chi connectivity index (χ1) is 8.65. The Kier molecular flexibility index (Phi) is 8.64. The van der Waals surface area contributed by atoms with Gasteiger partial charge in [-0.1, -0.05) is 20.8 Å². The summed E-state index contributed by atoms with van der Waals surface area (Å²) in [6, 6.07) is 2.86. The molecule has 0 bridgehead atoms. The highest BCUT2D eigenvalue weighted by Gasteiger charge is 2.12. The highest BCUT2D eigenvalue weighted by atomic mass is 79.9. The van der Waals surface area contributed by atoms with Gasteiger partial charge in [-0.25, -0.2) is 0 Å². The highest BCUT2D eigenvalue weighted by Crippen LogP contribution is 2.23. The van der Waals surface area contributed by atoms with Gasteiger partial charge in [-0.2, -0.15) is 11.8 Å². The van der Waals surface area contributed by atoms with E-state index in [1.807, 2.05) is 11.3 Å². The molecular weight excluding hydrogens is 326 g/mol. The maximum atomic E-state index is 3.68. The van der Waals surface area contributed by atoms with Crippen LogP contribution >= 0.6 is 39.0 Å². The molecule has 1 aromatic rings. The van der Waals surface area contributed by atoms with Crippen molar-refractivity contribution in [2.75, 3.05) is 12.3 Å². The van der Waals surface area contributed by atoms with Crippen molar-refractivity contribution in [1.29, 1.82) is 0 Å². The molecule has 0 aliphatic carbocycles. The fraction of sp³-hybridized carbons (Fsp3) is 0.714. The molecule has 104 valence electrons. The Hall–Kier alpha value is 0.490. The molecule has 1 aromatic heterocycles. The number of thioether (sulfide) groups is 1. The Balaban J connectivity index is 2.44. The summed E-state index contributed by atoms with van der Waals surface area (Å²) >= 11 is 7.48. The van der Waals surface area contributed by atoms with E-state index in [0.29, 0.717) is 6.04 Å². The molecule has 4 heteroatoms. The number of rotatable bonds is 9. The summed E-state index contributed by atoms with van der Waals surface area (Å²) in [6.45, 7) is 7.94. The lowest BCUT2D eigenvalue weighted by molar-refractivity contribution is 0.552. The van der Waals surface area contributed by atoms with E-state index in [4.69, 9.17) is 0 Å². The van der Waals surface area contributed by atoms with Crippen LogP contribution in [0.25, 0.3) is 0 Å². The predicted octanol–water partition coefficient (Wildman–Crippen LogP) is 4.95. The normalized spacial score (nSPS) is 14.7. The van der Waals surface area contributed by atoms with Gasteiger partial charge < -0.3 is 5.32 Å². The SMILES string of the molecule is CCCNC(CSC(C)CC)Cc1cc(Br)cs1. The molecule has 0 aliphatic heterocycles. The van der Waals surface area contributed by atoms with Crippen LogP contribution in [-0.2, 0) is 6.42 Å². The largest absolute Gasteiger partial charge is 0.313 e. The Morgan fingerprint density at radius 3 is 2.78 bits per heavy atom. The molecular formula is C14H24BrNS2. The first-order valence-corrected chi connectivity index (χ1v) is 9.45. The van der Waals surface area contributed by atoms with Gasteiger partial charge in [0.2, 0.25) is 0 Å². The molecule has 0 radical (unpaired) electrons. The van der Waals surface area contributed by atoms with Gasteiger partial charge in [0.1, 0.15) is 0 Å². The van der Waals surface area contributed by atoms with Crippen molar-refractivity contribution in [3.8, 4) is 0 Å². The summed E-state index contributed by atoms with van der Waals surface area (Å²) in [6.07, 6.45) is 3.62. The zero-order valence-corrected chi connectivity index (χ0v) is 14.8. The fourth-order valence-electron chi connectivity index (χ4n) is 1.64. The van der Waals surface area contributed by atoms with Gasteiger partial charge in [0, 0.05) is 31.8 Å². The third-order valence-corrected chi connectivity index (χ3v) is 6.13. The molecule has 2 unspecified atom stereocenters. The van der Waals surface area contributed by atoms with Crippen LogP contribution in [0.5, 0.6) is 0 Å². The first kappa shape index (κ1) is 16.5. The second-order valence-electron chi connectivity index (χ2n) is 4.64. The fourth-order valence-corrected chi connectivity index (χ4v) is 4.21. The standard InChI is InChI=1S/C14H24BrNS2/c1-4-6-16-13(10-17-11(3)5-2)8-14-7-12(15)9-18-14/h7,9,11,13,16H,4-6,8,10H2,1-3H3. The number of halogens is 1. The maximum Gasteiger partial charge on any atom is 0.0285 e. The molecule has 0 aromatic carbocycles. The molecule has 1 nitrogen and oxygen atoms in total. The molecule has 0 aliphatic rings. The zero-order valence-electron chi connectivity index (χ0n) is 11.5. The van der Waals surface area contributed by atoms with E-state index >= 15 is 0 Å². The van der Waals surface area contributed by atoms with Crippen molar-refractivity contribution in [3.05, 3.63) is 20.8 Å². The van der Waals surface area contributed by atoms with Crippen LogP contribution in [-0.4, -0.2) is 23.6 Å². The summed E-state index contributed by atoms with van der Waals surface area (Å²) in [5.74, 6) is 1.21. The van der Waals surface area contributed by atoms with Gasteiger partial charge in [-0.15, -0.1) is 11.3 Å². The topological polar surface area (TPSA) is 12.0 Å². The summed E-state index contributed by atoms with van der Waals surface area (Å²) in [5.41, 5.74) is 0. The summed E-state index contributed by atoms with van der Waals surface area (Å²) in [4.78, 5) is 1.47. The molecule has 2 atom stereocenters. The van der Waals surface area contributed by atoms with Crippen LogP contribution in [0.3, 0.4) is 0 Å². The van der Waals surface area contributed by atoms with E-state index in [2.05, 4.69) is 65.2 Å². The van der Waals surface area contributed by atoms with E-state index in [1.54, 1.807) is 0 Å².